The average molecular weight is 223 g/mol. The van der Waals surface area contributed by atoms with Crippen molar-refractivity contribution >= 4 is 0 Å². The molecule has 1 aliphatic carbocycles. The van der Waals surface area contributed by atoms with Crippen LogP contribution < -0.4 is 5.32 Å². The first-order valence-corrected chi connectivity index (χ1v) is 6.79. The molecule has 1 rings (SSSR count). The van der Waals surface area contributed by atoms with Gasteiger partial charge in [-0.3, -0.25) is 0 Å². The molecule has 0 aromatic rings. The quantitative estimate of drug-likeness (QED) is 0.709. The van der Waals surface area contributed by atoms with Gasteiger partial charge in [0.15, 0.2) is 0 Å². The monoisotopic (exact) mass is 223 g/mol. The maximum absolute atomic E-state index is 3.55. The summed E-state index contributed by atoms with van der Waals surface area (Å²) in [7, 11) is 0. The van der Waals surface area contributed by atoms with Crippen LogP contribution in [0, 0.1) is 11.8 Å². The zero-order chi connectivity index (χ0) is 12.2. The second-order valence-corrected chi connectivity index (χ2v) is 6.65. The van der Waals surface area contributed by atoms with Gasteiger partial charge in [-0.1, -0.05) is 31.4 Å². The van der Waals surface area contributed by atoms with Gasteiger partial charge in [0.1, 0.15) is 0 Å². The lowest BCUT2D eigenvalue weighted by atomic mass is 9.81. The van der Waals surface area contributed by atoms with Crippen LogP contribution >= 0.6 is 0 Å². The molecule has 94 valence electrons. The summed E-state index contributed by atoms with van der Waals surface area (Å²) in [4.78, 5) is 0. The van der Waals surface area contributed by atoms with Gasteiger partial charge < -0.3 is 5.32 Å². The molecule has 1 heteroatoms. The van der Waals surface area contributed by atoms with E-state index in [1.807, 2.05) is 0 Å². The van der Waals surface area contributed by atoms with Crippen molar-refractivity contribution in [2.75, 3.05) is 6.54 Å². The fourth-order valence-corrected chi connectivity index (χ4v) is 2.50. The number of allylic oxidation sites excluding steroid dienone is 1. The van der Waals surface area contributed by atoms with E-state index in [9.17, 15) is 0 Å². The highest BCUT2D eigenvalue weighted by Gasteiger charge is 2.17. The van der Waals surface area contributed by atoms with Crippen molar-refractivity contribution in [1.29, 1.82) is 0 Å². The van der Waals surface area contributed by atoms with Crippen molar-refractivity contribution in [1.82, 2.24) is 5.32 Å². The highest BCUT2D eigenvalue weighted by atomic mass is 14.9. The summed E-state index contributed by atoms with van der Waals surface area (Å²) in [6.45, 7) is 12.4. The molecule has 0 aromatic heterocycles. The van der Waals surface area contributed by atoms with Crippen molar-refractivity contribution < 1.29 is 0 Å². The van der Waals surface area contributed by atoms with E-state index < -0.39 is 0 Å². The molecule has 0 heterocycles. The van der Waals surface area contributed by atoms with E-state index in [0.717, 1.165) is 18.4 Å². The molecule has 1 fully saturated rings. The third-order valence-corrected chi connectivity index (χ3v) is 3.39. The molecular formula is C15H29N. The molecular weight excluding hydrogens is 194 g/mol. The van der Waals surface area contributed by atoms with Gasteiger partial charge in [-0.15, -0.1) is 0 Å². The standard InChI is InChI=1S/C15H29N/c1-12-7-6-8-14(9-12)10-13(2)11-16-15(3,4)5/h10,12,14,16H,6-9,11H2,1-5H3. The lowest BCUT2D eigenvalue weighted by molar-refractivity contribution is 0.323. The molecule has 1 N–H and O–H groups in total. The van der Waals surface area contributed by atoms with Crippen LogP contribution in [0.4, 0.5) is 0 Å². The molecule has 1 saturated carbocycles. The van der Waals surface area contributed by atoms with Crippen LogP contribution in [-0.2, 0) is 0 Å². The summed E-state index contributed by atoms with van der Waals surface area (Å²) in [5, 5.41) is 3.55. The minimum absolute atomic E-state index is 0.231. The maximum atomic E-state index is 3.55. The molecule has 0 aromatic carbocycles. The minimum Gasteiger partial charge on any atom is -0.308 e. The third-order valence-electron chi connectivity index (χ3n) is 3.39. The van der Waals surface area contributed by atoms with Gasteiger partial charge in [-0.25, -0.2) is 0 Å². The molecule has 1 aliphatic rings. The molecule has 16 heavy (non-hydrogen) atoms. The number of hydrogen-bond donors (Lipinski definition) is 1. The Morgan fingerprint density at radius 2 is 2.00 bits per heavy atom. The molecule has 0 bridgehead atoms. The van der Waals surface area contributed by atoms with Gasteiger partial charge in [0.2, 0.25) is 0 Å². The highest BCUT2D eigenvalue weighted by Crippen LogP contribution is 2.29. The Labute approximate surface area is 102 Å². The first-order valence-electron chi connectivity index (χ1n) is 6.79. The Balaban J connectivity index is 2.37. The van der Waals surface area contributed by atoms with E-state index in [4.69, 9.17) is 0 Å². The average Bonchev–Trinajstić information content (AvgIpc) is 2.14. The normalized spacial score (nSPS) is 28.2. The van der Waals surface area contributed by atoms with Crippen molar-refractivity contribution in [3.8, 4) is 0 Å². The van der Waals surface area contributed by atoms with Crippen molar-refractivity contribution in [3.63, 3.8) is 0 Å². The first kappa shape index (κ1) is 13.8. The SMILES string of the molecule is CC(=CC1CCCC(C)C1)CNC(C)(C)C. The van der Waals surface area contributed by atoms with E-state index in [1.54, 1.807) is 0 Å². The number of hydrogen-bond acceptors (Lipinski definition) is 1. The van der Waals surface area contributed by atoms with Gasteiger partial charge >= 0.3 is 0 Å². The lowest BCUT2D eigenvalue weighted by Crippen LogP contribution is -2.36. The molecule has 0 aliphatic heterocycles. The number of rotatable bonds is 3. The van der Waals surface area contributed by atoms with E-state index in [2.05, 4.69) is 46.0 Å². The molecule has 0 spiro atoms. The van der Waals surface area contributed by atoms with E-state index in [0.29, 0.717) is 0 Å². The topological polar surface area (TPSA) is 12.0 Å². The smallest absolute Gasteiger partial charge is 0.0166 e. The summed E-state index contributed by atoms with van der Waals surface area (Å²) in [6.07, 6.45) is 8.16. The van der Waals surface area contributed by atoms with Crippen molar-refractivity contribution in [2.45, 2.75) is 65.8 Å². The van der Waals surface area contributed by atoms with Gasteiger partial charge in [-0.2, -0.15) is 0 Å². The fourth-order valence-electron chi connectivity index (χ4n) is 2.50. The Hall–Kier alpha value is -0.300. The van der Waals surface area contributed by atoms with Gasteiger partial charge in [0.05, 0.1) is 0 Å². The molecule has 0 amide bonds. The summed E-state index contributed by atoms with van der Waals surface area (Å²) >= 11 is 0. The molecule has 2 unspecified atom stereocenters. The summed E-state index contributed by atoms with van der Waals surface area (Å²) in [5.74, 6) is 1.77. The van der Waals surface area contributed by atoms with Gasteiger partial charge in [0, 0.05) is 12.1 Å². The molecule has 0 saturated heterocycles. The second kappa shape index (κ2) is 5.86. The van der Waals surface area contributed by atoms with Crippen molar-refractivity contribution in [3.05, 3.63) is 11.6 Å². The Kier molecular flexibility index (Phi) is 5.04. The van der Waals surface area contributed by atoms with E-state index in [-0.39, 0.29) is 5.54 Å². The fraction of sp³-hybridized carbons (Fsp3) is 0.867. The number of nitrogens with one attached hydrogen (secondary N) is 1. The van der Waals surface area contributed by atoms with Gasteiger partial charge in [0.25, 0.3) is 0 Å². The summed E-state index contributed by atoms with van der Waals surface area (Å²) in [6, 6.07) is 0. The van der Waals surface area contributed by atoms with E-state index in [1.165, 1.54) is 31.3 Å². The summed E-state index contributed by atoms with van der Waals surface area (Å²) in [5.41, 5.74) is 1.74. The highest BCUT2D eigenvalue weighted by molar-refractivity contribution is 5.04. The van der Waals surface area contributed by atoms with E-state index >= 15 is 0 Å². The second-order valence-electron chi connectivity index (χ2n) is 6.65. The largest absolute Gasteiger partial charge is 0.308 e. The third kappa shape index (κ3) is 5.69. The van der Waals surface area contributed by atoms with Crippen LogP contribution in [0.25, 0.3) is 0 Å². The molecule has 0 radical (unpaired) electrons. The van der Waals surface area contributed by atoms with Crippen molar-refractivity contribution in [2.24, 2.45) is 11.8 Å². The van der Waals surface area contributed by atoms with Crippen LogP contribution in [0.1, 0.15) is 60.3 Å². The molecule has 2 atom stereocenters. The van der Waals surface area contributed by atoms with Crippen LogP contribution in [-0.4, -0.2) is 12.1 Å². The Morgan fingerprint density at radius 3 is 2.56 bits per heavy atom. The van der Waals surface area contributed by atoms with Gasteiger partial charge in [-0.05, 0) is 52.4 Å². The Morgan fingerprint density at radius 1 is 1.31 bits per heavy atom. The maximum Gasteiger partial charge on any atom is 0.0166 e. The minimum atomic E-state index is 0.231. The van der Waals surface area contributed by atoms with Crippen LogP contribution in [0.15, 0.2) is 11.6 Å². The first-order chi connectivity index (χ1) is 7.37. The summed E-state index contributed by atoms with van der Waals surface area (Å²) < 4.78 is 0. The predicted molar refractivity (Wildman–Crippen MR) is 72.6 cm³/mol. The lowest BCUT2D eigenvalue weighted by Gasteiger charge is -2.26. The van der Waals surface area contributed by atoms with Crippen LogP contribution in [0.3, 0.4) is 0 Å². The zero-order valence-corrected chi connectivity index (χ0v) is 11.8. The van der Waals surface area contributed by atoms with Crippen LogP contribution in [0.5, 0.6) is 0 Å². The molecule has 1 nitrogen and oxygen atoms in total. The Bertz CT molecular complexity index is 234. The zero-order valence-electron chi connectivity index (χ0n) is 11.8. The predicted octanol–water partition coefficient (Wildman–Crippen LogP) is 4.15. The van der Waals surface area contributed by atoms with Crippen LogP contribution in [0.2, 0.25) is 0 Å².